The fraction of sp³-hybridized carbons (Fsp3) is 0.143. The molecule has 2 aromatic rings. The van der Waals surface area contributed by atoms with Crippen LogP contribution in [0, 0.1) is 5.82 Å². The molecule has 1 aromatic carbocycles. The average Bonchev–Trinajstić information content (AvgIpc) is 2.98. The standard InChI is InChI=1S/C14H11FN4O/c15-12-3-1-10(2-4-12)14(20)19-6-5-13(18-19)11-7-16-9-17-8-11/h1-4,7-9H,5-6H2. The Kier molecular flexibility index (Phi) is 3.20. The first-order valence-electron chi connectivity index (χ1n) is 6.14. The highest BCUT2D eigenvalue weighted by Gasteiger charge is 2.22. The first-order chi connectivity index (χ1) is 9.74. The highest BCUT2D eigenvalue weighted by Crippen LogP contribution is 2.15. The van der Waals surface area contributed by atoms with Crippen molar-refractivity contribution in [3.63, 3.8) is 0 Å². The first kappa shape index (κ1) is 12.4. The Bertz CT molecular complexity index is 655. The Hall–Kier alpha value is -2.63. The summed E-state index contributed by atoms with van der Waals surface area (Å²) in [6.07, 6.45) is 5.43. The van der Waals surface area contributed by atoms with Crippen LogP contribution in [0.15, 0.2) is 48.1 Å². The second-order valence-corrected chi connectivity index (χ2v) is 4.36. The van der Waals surface area contributed by atoms with Crippen LogP contribution in [-0.4, -0.2) is 33.1 Å². The summed E-state index contributed by atoms with van der Waals surface area (Å²) in [5, 5.41) is 5.67. The molecule has 5 nitrogen and oxygen atoms in total. The Labute approximate surface area is 114 Å². The number of carbonyl (C=O) groups excluding carboxylic acids is 1. The van der Waals surface area contributed by atoms with Crippen molar-refractivity contribution in [2.24, 2.45) is 5.10 Å². The van der Waals surface area contributed by atoms with Crippen molar-refractivity contribution in [1.82, 2.24) is 15.0 Å². The van der Waals surface area contributed by atoms with E-state index in [9.17, 15) is 9.18 Å². The van der Waals surface area contributed by atoms with E-state index < -0.39 is 0 Å². The van der Waals surface area contributed by atoms with Gasteiger partial charge in [0.25, 0.3) is 5.91 Å². The van der Waals surface area contributed by atoms with Crippen molar-refractivity contribution in [3.8, 4) is 0 Å². The molecule has 2 heterocycles. The summed E-state index contributed by atoms with van der Waals surface area (Å²) >= 11 is 0. The summed E-state index contributed by atoms with van der Waals surface area (Å²) in [4.78, 5) is 20.1. The maximum Gasteiger partial charge on any atom is 0.273 e. The molecular weight excluding hydrogens is 259 g/mol. The molecular formula is C14H11FN4O. The number of amides is 1. The van der Waals surface area contributed by atoms with Gasteiger partial charge >= 0.3 is 0 Å². The van der Waals surface area contributed by atoms with Crippen molar-refractivity contribution in [3.05, 3.63) is 59.9 Å². The Morgan fingerprint density at radius 1 is 1.15 bits per heavy atom. The zero-order valence-corrected chi connectivity index (χ0v) is 10.5. The number of rotatable bonds is 2. The van der Waals surface area contributed by atoms with Crippen molar-refractivity contribution in [1.29, 1.82) is 0 Å². The monoisotopic (exact) mass is 270 g/mol. The van der Waals surface area contributed by atoms with Crippen LogP contribution < -0.4 is 0 Å². The molecule has 6 heteroatoms. The van der Waals surface area contributed by atoms with Crippen molar-refractivity contribution in [2.75, 3.05) is 6.54 Å². The van der Waals surface area contributed by atoms with E-state index in [-0.39, 0.29) is 11.7 Å². The van der Waals surface area contributed by atoms with Crippen LogP contribution in [0.2, 0.25) is 0 Å². The zero-order chi connectivity index (χ0) is 13.9. The van der Waals surface area contributed by atoms with Crippen LogP contribution in [0.1, 0.15) is 22.3 Å². The second-order valence-electron chi connectivity index (χ2n) is 4.36. The lowest BCUT2D eigenvalue weighted by atomic mass is 10.1. The van der Waals surface area contributed by atoms with Gasteiger partial charge in [0, 0.05) is 29.9 Å². The van der Waals surface area contributed by atoms with E-state index >= 15 is 0 Å². The minimum Gasteiger partial charge on any atom is -0.267 e. The second kappa shape index (κ2) is 5.16. The van der Waals surface area contributed by atoms with Crippen LogP contribution in [0.3, 0.4) is 0 Å². The normalized spacial score (nSPS) is 14.2. The van der Waals surface area contributed by atoms with Crippen LogP contribution in [0.25, 0.3) is 0 Å². The number of hydrazone groups is 1. The van der Waals surface area contributed by atoms with Gasteiger partial charge in [-0.2, -0.15) is 5.10 Å². The van der Waals surface area contributed by atoms with Gasteiger partial charge in [-0.05, 0) is 24.3 Å². The predicted molar refractivity (Wildman–Crippen MR) is 70.6 cm³/mol. The summed E-state index contributed by atoms with van der Waals surface area (Å²) in [5.74, 6) is -0.606. The minimum atomic E-state index is -0.367. The van der Waals surface area contributed by atoms with E-state index in [1.54, 1.807) is 12.4 Å². The maximum atomic E-state index is 12.8. The van der Waals surface area contributed by atoms with Gasteiger partial charge in [0.1, 0.15) is 12.1 Å². The molecule has 0 bridgehead atoms. The molecule has 0 radical (unpaired) electrons. The van der Waals surface area contributed by atoms with Gasteiger partial charge in [0.05, 0.1) is 12.3 Å². The highest BCUT2D eigenvalue weighted by molar-refractivity contribution is 6.04. The molecule has 0 unspecified atom stereocenters. The van der Waals surface area contributed by atoms with Gasteiger partial charge in [0.2, 0.25) is 0 Å². The van der Waals surface area contributed by atoms with Gasteiger partial charge in [-0.1, -0.05) is 0 Å². The average molecular weight is 270 g/mol. The van der Waals surface area contributed by atoms with Crippen LogP contribution >= 0.6 is 0 Å². The SMILES string of the molecule is O=C(c1ccc(F)cc1)N1CCC(c2cncnc2)=N1. The smallest absolute Gasteiger partial charge is 0.267 e. The Balaban J connectivity index is 1.81. The molecule has 20 heavy (non-hydrogen) atoms. The van der Waals surface area contributed by atoms with Gasteiger partial charge in [0.15, 0.2) is 0 Å². The topological polar surface area (TPSA) is 58.5 Å². The third-order valence-corrected chi connectivity index (χ3v) is 3.02. The summed E-state index contributed by atoms with van der Waals surface area (Å²) in [6, 6.07) is 5.44. The fourth-order valence-electron chi connectivity index (χ4n) is 2.00. The van der Waals surface area contributed by atoms with E-state index in [1.807, 2.05) is 0 Å². The molecule has 0 atom stereocenters. The number of benzene rings is 1. The molecule has 0 fully saturated rings. The molecule has 0 aliphatic carbocycles. The van der Waals surface area contributed by atoms with Crippen molar-refractivity contribution < 1.29 is 9.18 Å². The molecule has 3 rings (SSSR count). The predicted octanol–water partition coefficient (Wildman–Crippen LogP) is 1.87. The van der Waals surface area contributed by atoms with Gasteiger partial charge in [-0.25, -0.2) is 19.4 Å². The van der Waals surface area contributed by atoms with Crippen LogP contribution in [0.5, 0.6) is 0 Å². The molecule has 100 valence electrons. The van der Waals surface area contributed by atoms with E-state index in [1.165, 1.54) is 35.6 Å². The molecule has 1 aliphatic rings. The van der Waals surface area contributed by atoms with Crippen molar-refractivity contribution >= 4 is 11.6 Å². The van der Waals surface area contributed by atoms with Crippen molar-refractivity contribution in [2.45, 2.75) is 6.42 Å². The van der Waals surface area contributed by atoms with E-state index in [0.29, 0.717) is 18.5 Å². The molecule has 0 N–H and O–H groups in total. The summed E-state index contributed by atoms with van der Waals surface area (Å²) in [5.41, 5.74) is 2.00. The summed E-state index contributed by atoms with van der Waals surface area (Å²) < 4.78 is 12.8. The number of aromatic nitrogens is 2. The lowest BCUT2D eigenvalue weighted by molar-refractivity contribution is 0.0778. The van der Waals surface area contributed by atoms with E-state index in [0.717, 1.165) is 11.3 Å². The molecule has 1 aliphatic heterocycles. The molecule has 0 saturated heterocycles. The lowest BCUT2D eigenvalue weighted by Crippen LogP contribution is -2.23. The molecule has 0 saturated carbocycles. The van der Waals surface area contributed by atoms with E-state index in [2.05, 4.69) is 15.1 Å². The summed E-state index contributed by atoms with van der Waals surface area (Å²) in [6.45, 7) is 0.500. The first-order valence-corrected chi connectivity index (χ1v) is 6.14. The molecule has 1 aromatic heterocycles. The highest BCUT2D eigenvalue weighted by atomic mass is 19.1. The number of carbonyl (C=O) groups is 1. The number of hydrogen-bond acceptors (Lipinski definition) is 4. The number of nitrogens with zero attached hydrogens (tertiary/aromatic N) is 4. The quantitative estimate of drug-likeness (QED) is 0.837. The lowest BCUT2D eigenvalue weighted by Gasteiger charge is -2.10. The summed E-state index contributed by atoms with van der Waals surface area (Å²) in [7, 11) is 0. The van der Waals surface area contributed by atoms with Crippen LogP contribution in [0.4, 0.5) is 4.39 Å². The van der Waals surface area contributed by atoms with E-state index in [4.69, 9.17) is 0 Å². The Morgan fingerprint density at radius 2 is 1.85 bits per heavy atom. The largest absolute Gasteiger partial charge is 0.273 e. The maximum absolute atomic E-state index is 12.8. The molecule has 0 spiro atoms. The Morgan fingerprint density at radius 3 is 2.55 bits per heavy atom. The van der Waals surface area contributed by atoms with Gasteiger partial charge in [-0.3, -0.25) is 4.79 Å². The number of halogens is 1. The van der Waals surface area contributed by atoms with Crippen LogP contribution in [-0.2, 0) is 0 Å². The minimum absolute atomic E-state index is 0.239. The number of hydrogen-bond donors (Lipinski definition) is 0. The molecule has 1 amide bonds. The zero-order valence-electron chi connectivity index (χ0n) is 10.5. The third kappa shape index (κ3) is 2.40. The third-order valence-electron chi connectivity index (χ3n) is 3.02. The van der Waals surface area contributed by atoms with Gasteiger partial charge < -0.3 is 0 Å². The van der Waals surface area contributed by atoms with Gasteiger partial charge in [-0.15, -0.1) is 0 Å². The fourth-order valence-corrected chi connectivity index (χ4v) is 2.00.